The number of amides is 1. The van der Waals surface area contributed by atoms with Crippen molar-refractivity contribution in [2.24, 2.45) is 0 Å². The van der Waals surface area contributed by atoms with E-state index in [1.165, 1.54) is 0 Å². The average Bonchev–Trinajstić information content (AvgIpc) is 2.47. The summed E-state index contributed by atoms with van der Waals surface area (Å²) in [5.41, 5.74) is -0.809. The van der Waals surface area contributed by atoms with Crippen LogP contribution in [-0.4, -0.2) is 68.2 Å². The Kier molecular flexibility index (Phi) is 5.69. The van der Waals surface area contributed by atoms with E-state index in [4.69, 9.17) is 14.2 Å². The summed E-state index contributed by atoms with van der Waals surface area (Å²) in [4.78, 5) is 14.1. The molecule has 0 aromatic carbocycles. The van der Waals surface area contributed by atoms with Crippen LogP contribution in [-0.2, 0) is 14.2 Å². The van der Waals surface area contributed by atoms with Gasteiger partial charge in [0.2, 0.25) is 0 Å². The summed E-state index contributed by atoms with van der Waals surface area (Å²) in [7, 11) is 1.70. The number of hydrogen-bond acceptors (Lipinski definition) is 5. The fraction of sp³-hybridized carbons (Fsp3) is 0.938. The highest BCUT2D eigenvalue weighted by atomic mass is 16.6. The first-order valence-corrected chi connectivity index (χ1v) is 8.20. The average molecular weight is 314 g/mol. The van der Waals surface area contributed by atoms with E-state index in [9.17, 15) is 4.79 Å². The molecule has 2 heterocycles. The fourth-order valence-corrected chi connectivity index (χ4v) is 3.20. The van der Waals surface area contributed by atoms with E-state index in [1.54, 1.807) is 12.0 Å². The zero-order chi connectivity index (χ0) is 16.2. The van der Waals surface area contributed by atoms with Gasteiger partial charge in [0.15, 0.2) is 0 Å². The standard InChI is InChI=1S/C16H30N2O4/c1-15(2,3)22-14(19)18-9-8-17-13(11-18)16(12-20-4)7-5-6-10-21-16/h13,17H,5-12H2,1-4H3. The molecule has 1 amide bonds. The smallest absolute Gasteiger partial charge is 0.410 e. The summed E-state index contributed by atoms with van der Waals surface area (Å²) in [5, 5.41) is 3.51. The number of rotatable bonds is 3. The van der Waals surface area contributed by atoms with Crippen molar-refractivity contribution in [3.05, 3.63) is 0 Å². The first-order chi connectivity index (χ1) is 10.4. The lowest BCUT2D eigenvalue weighted by Gasteiger charge is -2.47. The second-order valence-electron chi connectivity index (χ2n) is 7.24. The topological polar surface area (TPSA) is 60.0 Å². The molecule has 0 aliphatic carbocycles. The summed E-state index contributed by atoms with van der Waals surface area (Å²) in [6.07, 6.45) is 2.94. The molecule has 6 nitrogen and oxygen atoms in total. The van der Waals surface area contributed by atoms with Gasteiger partial charge in [-0.25, -0.2) is 4.79 Å². The van der Waals surface area contributed by atoms with Crippen molar-refractivity contribution in [3.63, 3.8) is 0 Å². The third kappa shape index (κ3) is 4.33. The third-order valence-electron chi connectivity index (χ3n) is 4.23. The molecule has 0 saturated carbocycles. The van der Waals surface area contributed by atoms with Crippen molar-refractivity contribution in [3.8, 4) is 0 Å². The Hall–Kier alpha value is -0.850. The second kappa shape index (κ2) is 7.15. The molecule has 128 valence electrons. The Labute approximate surface area is 133 Å². The van der Waals surface area contributed by atoms with Crippen molar-refractivity contribution >= 4 is 6.09 Å². The minimum absolute atomic E-state index is 0.0778. The Morgan fingerprint density at radius 1 is 1.41 bits per heavy atom. The number of piperazine rings is 1. The zero-order valence-electron chi connectivity index (χ0n) is 14.3. The molecule has 2 atom stereocenters. The maximum atomic E-state index is 12.3. The Morgan fingerprint density at radius 3 is 2.77 bits per heavy atom. The van der Waals surface area contributed by atoms with Gasteiger partial charge in [0.25, 0.3) is 0 Å². The Morgan fingerprint density at radius 2 is 2.18 bits per heavy atom. The normalized spacial score (nSPS) is 30.2. The van der Waals surface area contributed by atoms with E-state index < -0.39 is 5.60 Å². The number of carbonyl (C=O) groups is 1. The minimum atomic E-state index is -0.469. The van der Waals surface area contributed by atoms with Crippen molar-refractivity contribution in [2.45, 2.75) is 57.3 Å². The predicted molar refractivity (Wildman–Crippen MR) is 84.0 cm³/mol. The molecule has 0 spiro atoms. The van der Waals surface area contributed by atoms with Crippen molar-refractivity contribution in [1.82, 2.24) is 10.2 Å². The van der Waals surface area contributed by atoms with Crippen molar-refractivity contribution in [2.75, 3.05) is 40.0 Å². The molecule has 0 radical (unpaired) electrons. The molecule has 22 heavy (non-hydrogen) atoms. The van der Waals surface area contributed by atoms with E-state index >= 15 is 0 Å². The van der Waals surface area contributed by atoms with E-state index in [2.05, 4.69) is 5.32 Å². The summed E-state index contributed by atoms with van der Waals surface area (Å²) in [5.74, 6) is 0. The Balaban J connectivity index is 2.03. The van der Waals surface area contributed by atoms with Crippen LogP contribution >= 0.6 is 0 Å². The molecule has 0 bridgehead atoms. The highest BCUT2D eigenvalue weighted by molar-refractivity contribution is 5.68. The van der Waals surface area contributed by atoms with Gasteiger partial charge in [-0.05, 0) is 40.0 Å². The first-order valence-electron chi connectivity index (χ1n) is 8.20. The van der Waals surface area contributed by atoms with Crippen LogP contribution in [0.2, 0.25) is 0 Å². The van der Waals surface area contributed by atoms with Crippen LogP contribution in [0.5, 0.6) is 0 Å². The number of ether oxygens (including phenoxy) is 3. The number of nitrogens with zero attached hydrogens (tertiary/aromatic N) is 1. The molecule has 2 aliphatic rings. The zero-order valence-corrected chi connectivity index (χ0v) is 14.3. The first kappa shape index (κ1) is 17.5. The number of methoxy groups -OCH3 is 1. The lowest BCUT2D eigenvalue weighted by molar-refractivity contribution is -0.142. The molecular weight excluding hydrogens is 284 g/mol. The van der Waals surface area contributed by atoms with Crippen LogP contribution in [0.15, 0.2) is 0 Å². The third-order valence-corrected chi connectivity index (χ3v) is 4.23. The van der Waals surface area contributed by atoms with Gasteiger partial charge in [0, 0.05) is 33.4 Å². The predicted octanol–water partition coefficient (Wildman–Crippen LogP) is 1.78. The quantitative estimate of drug-likeness (QED) is 0.860. The van der Waals surface area contributed by atoms with Crippen LogP contribution < -0.4 is 5.32 Å². The van der Waals surface area contributed by atoms with Gasteiger partial charge in [0.1, 0.15) is 11.2 Å². The maximum Gasteiger partial charge on any atom is 0.410 e. The van der Waals surface area contributed by atoms with Gasteiger partial charge in [-0.15, -0.1) is 0 Å². The van der Waals surface area contributed by atoms with Gasteiger partial charge in [-0.1, -0.05) is 0 Å². The van der Waals surface area contributed by atoms with Crippen LogP contribution in [0.25, 0.3) is 0 Å². The summed E-state index contributed by atoms with van der Waals surface area (Å²) in [6.45, 7) is 8.98. The van der Waals surface area contributed by atoms with Gasteiger partial charge < -0.3 is 24.4 Å². The molecule has 2 unspecified atom stereocenters. The van der Waals surface area contributed by atoms with E-state index in [1.807, 2.05) is 20.8 Å². The van der Waals surface area contributed by atoms with Crippen LogP contribution in [0, 0.1) is 0 Å². The van der Waals surface area contributed by atoms with Crippen molar-refractivity contribution < 1.29 is 19.0 Å². The largest absolute Gasteiger partial charge is 0.444 e. The van der Waals surface area contributed by atoms with Gasteiger partial charge >= 0.3 is 6.09 Å². The molecule has 6 heteroatoms. The molecular formula is C16H30N2O4. The molecule has 1 N–H and O–H groups in total. The fourth-order valence-electron chi connectivity index (χ4n) is 3.20. The van der Waals surface area contributed by atoms with Gasteiger partial charge in [0.05, 0.1) is 12.6 Å². The summed E-state index contributed by atoms with van der Waals surface area (Å²) >= 11 is 0. The molecule has 2 saturated heterocycles. The van der Waals surface area contributed by atoms with E-state index in [-0.39, 0.29) is 17.7 Å². The van der Waals surface area contributed by atoms with E-state index in [0.29, 0.717) is 19.7 Å². The Bertz CT molecular complexity index is 369. The number of hydrogen-bond donors (Lipinski definition) is 1. The van der Waals surface area contributed by atoms with Gasteiger partial charge in [-0.3, -0.25) is 0 Å². The molecule has 0 aromatic heterocycles. The summed E-state index contributed by atoms with van der Waals surface area (Å²) in [6, 6.07) is 0.0778. The van der Waals surface area contributed by atoms with Crippen LogP contribution in [0.1, 0.15) is 40.0 Å². The number of carbonyl (C=O) groups excluding carboxylic acids is 1. The van der Waals surface area contributed by atoms with Crippen LogP contribution in [0.3, 0.4) is 0 Å². The lowest BCUT2D eigenvalue weighted by atomic mass is 9.85. The number of nitrogens with one attached hydrogen (secondary N) is 1. The van der Waals surface area contributed by atoms with Crippen LogP contribution in [0.4, 0.5) is 4.79 Å². The van der Waals surface area contributed by atoms with E-state index in [0.717, 1.165) is 32.4 Å². The van der Waals surface area contributed by atoms with Gasteiger partial charge in [-0.2, -0.15) is 0 Å². The highest BCUT2D eigenvalue weighted by Crippen LogP contribution is 2.30. The maximum absolute atomic E-state index is 12.3. The molecule has 0 aromatic rings. The molecule has 2 rings (SSSR count). The summed E-state index contributed by atoms with van der Waals surface area (Å²) < 4.78 is 17.0. The lowest BCUT2D eigenvalue weighted by Crippen LogP contribution is -2.65. The van der Waals surface area contributed by atoms with Crippen molar-refractivity contribution in [1.29, 1.82) is 0 Å². The molecule has 2 fully saturated rings. The SMILES string of the molecule is COCC1(C2CN(C(=O)OC(C)(C)C)CCN2)CCCCO1. The minimum Gasteiger partial charge on any atom is -0.444 e. The molecule has 2 aliphatic heterocycles. The highest BCUT2D eigenvalue weighted by Gasteiger charge is 2.44. The monoisotopic (exact) mass is 314 g/mol. The second-order valence-corrected chi connectivity index (χ2v) is 7.24.